The van der Waals surface area contributed by atoms with Gasteiger partial charge < -0.3 is 10.2 Å². The molecular weight excluding hydrogens is 370 g/mol. The number of carbonyl (C=O) groups is 1. The van der Waals surface area contributed by atoms with Crippen LogP contribution in [0.3, 0.4) is 0 Å². The zero-order valence-electron chi connectivity index (χ0n) is 15.3. The molecule has 0 saturated carbocycles. The predicted octanol–water partition coefficient (Wildman–Crippen LogP) is 5.71. The maximum absolute atomic E-state index is 13.3. The van der Waals surface area contributed by atoms with E-state index in [4.69, 9.17) is 11.6 Å². The van der Waals surface area contributed by atoms with E-state index in [2.05, 4.69) is 40.6 Å². The van der Waals surface area contributed by atoms with Gasteiger partial charge in [0.2, 0.25) is 0 Å². The highest BCUT2D eigenvalue weighted by Crippen LogP contribution is 2.48. The quantitative estimate of drug-likeness (QED) is 0.580. The normalized spacial score (nSPS) is 20.0. The third-order valence-electron chi connectivity index (χ3n) is 5.50. The number of para-hydroxylation sites is 2. The first-order valence-corrected chi connectivity index (χ1v) is 9.47. The first kappa shape index (κ1) is 16.9. The lowest BCUT2D eigenvalue weighted by Crippen LogP contribution is -2.63. The van der Waals surface area contributed by atoms with Crippen LogP contribution in [0.2, 0.25) is 5.02 Å². The maximum Gasteiger partial charge on any atom is 0.328 e. The molecule has 2 aliphatic rings. The number of nitrogens with one attached hydrogen (secondary N) is 1. The summed E-state index contributed by atoms with van der Waals surface area (Å²) in [5.74, 6) is 0. The summed E-state index contributed by atoms with van der Waals surface area (Å²) in [6, 6.07) is 23.3. The van der Waals surface area contributed by atoms with Crippen molar-refractivity contribution in [1.29, 1.82) is 0 Å². The molecule has 0 bridgehead atoms. The minimum atomic E-state index is -0.791. The van der Waals surface area contributed by atoms with Crippen LogP contribution in [0, 0.1) is 0 Å². The Morgan fingerprint density at radius 2 is 1.64 bits per heavy atom. The molecule has 28 heavy (non-hydrogen) atoms. The molecule has 5 heteroatoms. The molecule has 4 nitrogen and oxygen atoms in total. The molecule has 138 valence electrons. The van der Waals surface area contributed by atoms with E-state index in [9.17, 15) is 4.79 Å². The summed E-state index contributed by atoms with van der Waals surface area (Å²) >= 11 is 6.10. The van der Waals surface area contributed by atoms with Gasteiger partial charge >= 0.3 is 6.03 Å². The molecule has 2 amide bonds. The van der Waals surface area contributed by atoms with Gasteiger partial charge in [0.15, 0.2) is 5.66 Å². The van der Waals surface area contributed by atoms with E-state index in [1.54, 1.807) is 17.0 Å². The van der Waals surface area contributed by atoms with Crippen LogP contribution in [-0.2, 0) is 5.66 Å². The molecule has 0 fully saturated rings. The van der Waals surface area contributed by atoms with Gasteiger partial charge in [0, 0.05) is 29.0 Å². The van der Waals surface area contributed by atoms with Crippen LogP contribution in [-0.4, -0.2) is 13.1 Å². The van der Waals surface area contributed by atoms with E-state index in [0.29, 0.717) is 5.02 Å². The van der Waals surface area contributed by atoms with Gasteiger partial charge in [-0.15, -0.1) is 0 Å². The first-order chi connectivity index (χ1) is 13.6. The molecule has 0 radical (unpaired) electrons. The molecule has 1 unspecified atom stereocenters. The Hall–Kier alpha value is -3.24. The number of anilines is 3. The fraction of sp³-hybridized carbons (Fsp3) is 0.0870. The number of nitrogens with zero attached hydrogens (tertiary/aromatic N) is 2. The van der Waals surface area contributed by atoms with Gasteiger partial charge in [-0.2, -0.15) is 0 Å². The molecule has 0 saturated heterocycles. The number of amides is 2. The molecule has 1 spiro atoms. The summed E-state index contributed by atoms with van der Waals surface area (Å²) in [7, 11) is 2.03. The Morgan fingerprint density at radius 3 is 2.46 bits per heavy atom. The lowest BCUT2D eigenvalue weighted by atomic mass is 9.87. The molecule has 0 aromatic heterocycles. The number of urea groups is 1. The van der Waals surface area contributed by atoms with Crippen molar-refractivity contribution in [3.63, 3.8) is 0 Å². The summed E-state index contributed by atoms with van der Waals surface area (Å²) in [5, 5.41) is 3.67. The summed E-state index contributed by atoms with van der Waals surface area (Å²) in [6.45, 7) is 0. The first-order valence-electron chi connectivity index (χ1n) is 9.10. The molecule has 0 aliphatic carbocycles. The van der Waals surface area contributed by atoms with Crippen LogP contribution in [0.15, 0.2) is 78.9 Å². The lowest BCUT2D eigenvalue weighted by molar-refractivity contribution is 0.250. The topological polar surface area (TPSA) is 35.6 Å². The number of hydrogen-bond acceptors (Lipinski definition) is 2. The maximum atomic E-state index is 13.3. The SMILES string of the molecule is CN1c2ccccc2C=CC12c1ccccc1NC(=O)N2c1ccc(Cl)cc1. The van der Waals surface area contributed by atoms with Crippen LogP contribution in [0.25, 0.3) is 6.08 Å². The molecule has 2 aliphatic heterocycles. The minimum Gasteiger partial charge on any atom is -0.344 e. The lowest BCUT2D eigenvalue weighted by Gasteiger charge is -2.53. The highest BCUT2D eigenvalue weighted by Gasteiger charge is 2.50. The predicted molar refractivity (Wildman–Crippen MR) is 115 cm³/mol. The van der Waals surface area contributed by atoms with E-state index in [1.807, 2.05) is 49.5 Å². The highest BCUT2D eigenvalue weighted by atomic mass is 35.5. The number of halogens is 1. The summed E-state index contributed by atoms with van der Waals surface area (Å²) in [5.41, 5.74) is 3.99. The molecule has 1 atom stereocenters. The fourth-order valence-electron chi connectivity index (χ4n) is 4.19. The Kier molecular flexibility index (Phi) is 3.71. The van der Waals surface area contributed by atoms with Gasteiger partial charge in [0.05, 0.1) is 5.69 Å². The average molecular weight is 388 g/mol. The van der Waals surface area contributed by atoms with Gasteiger partial charge in [-0.3, -0.25) is 4.90 Å². The number of rotatable bonds is 1. The van der Waals surface area contributed by atoms with Crippen molar-refractivity contribution in [2.75, 3.05) is 22.2 Å². The fourth-order valence-corrected chi connectivity index (χ4v) is 4.32. The van der Waals surface area contributed by atoms with Crippen molar-refractivity contribution < 1.29 is 4.79 Å². The number of hydrogen-bond donors (Lipinski definition) is 1. The summed E-state index contributed by atoms with van der Waals surface area (Å²) < 4.78 is 0. The van der Waals surface area contributed by atoms with Gasteiger partial charge in [-0.25, -0.2) is 4.79 Å². The van der Waals surface area contributed by atoms with E-state index in [0.717, 1.165) is 28.2 Å². The summed E-state index contributed by atoms with van der Waals surface area (Å²) in [4.78, 5) is 17.2. The van der Waals surface area contributed by atoms with Crippen molar-refractivity contribution in [3.05, 3.63) is 95.0 Å². The molecule has 2 heterocycles. The van der Waals surface area contributed by atoms with Gasteiger partial charge in [-0.1, -0.05) is 54.1 Å². The van der Waals surface area contributed by atoms with E-state index >= 15 is 0 Å². The van der Waals surface area contributed by atoms with Crippen LogP contribution in [0.1, 0.15) is 11.1 Å². The van der Waals surface area contributed by atoms with Crippen molar-refractivity contribution in [2.24, 2.45) is 0 Å². The van der Waals surface area contributed by atoms with Crippen molar-refractivity contribution in [1.82, 2.24) is 0 Å². The van der Waals surface area contributed by atoms with Gasteiger partial charge in [0.1, 0.15) is 0 Å². The van der Waals surface area contributed by atoms with Crippen molar-refractivity contribution in [2.45, 2.75) is 5.66 Å². The van der Waals surface area contributed by atoms with Crippen molar-refractivity contribution in [3.8, 4) is 0 Å². The van der Waals surface area contributed by atoms with Crippen LogP contribution < -0.4 is 15.1 Å². The monoisotopic (exact) mass is 387 g/mol. The Morgan fingerprint density at radius 1 is 0.929 bits per heavy atom. The molecule has 1 N–H and O–H groups in total. The second-order valence-electron chi connectivity index (χ2n) is 6.96. The van der Waals surface area contributed by atoms with Crippen LogP contribution in [0.5, 0.6) is 0 Å². The molecule has 3 aromatic rings. The summed E-state index contributed by atoms with van der Waals surface area (Å²) in [6.07, 6.45) is 4.19. The zero-order chi connectivity index (χ0) is 19.3. The zero-order valence-corrected chi connectivity index (χ0v) is 16.0. The van der Waals surface area contributed by atoms with E-state index in [1.165, 1.54) is 0 Å². The number of carbonyl (C=O) groups excluding carboxylic acids is 1. The molecule has 5 rings (SSSR count). The third kappa shape index (κ3) is 2.28. The number of likely N-dealkylation sites (N-methyl/N-ethyl adjacent to an activating group) is 1. The highest BCUT2D eigenvalue weighted by molar-refractivity contribution is 6.30. The second-order valence-corrected chi connectivity index (χ2v) is 7.40. The van der Waals surface area contributed by atoms with Gasteiger partial charge in [-0.05, 0) is 48.0 Å². The molecule has 3 aromatic carbocycles. The smallest absolute Gasteiger partial charge is 0.328 e. The van der Waals surface area contributed by atoms with Crippen LogP contribution >= 0.6 is 11.6 Å². The Balaban J connectivity index is 1.80. The van der Waals surface area contributed by atoms with E-state index in [-0.39, 0.29) is 6.03 Å². The number of benzene rings is 3. The van der Waals surface area contributed by atoms with Gasteiger partial charge in [0.25, 0.3) is 0 Å². The van der Waals surface area contributed by atoms with Crippen LogP contribution in [0.4, 0.5) is 21.9 Å². The standard InChI is InChI=1S/C23H18ClN3O/c1-26-21-9-5-2-6-16(21)14-15-23(26)19-7-3-4-8-20(19)25-22(28)27(23)18-12-10-17(24)11-13-18/h2-15H,1H3,(H,25,28). The average Bonchev–Trinajstić information content (AvgIpc) is 2.72. The van der Waals surface area contributed by atoms with Crippen molar-refractivity contribution >= 4 is 40.8 Å². The third-order valence-corrected chi connectivity index (χ3v) is 5.75. The molecular formula is C23H18ClN3O. The minimum absolute atomic E-state index is 0.183. The second kappa shape index (κ2) is 6.14. The largest absolute Gasteiger partial charge is 0.344 e. The van der Waals surface area contributed by atoms with E-state index < -0.39 is 5.66 Å². The number of fused-ring (bicyclic) bond motifs is 3. The Labute approximate surface area is 168 Å². The Bertz CT molecular complexity index is 1110.